The number of hydrogen-bond donors (Lipinski definition) is 0. The number of halogens is 2. The molecule has 12 heavy (non-hydrogen) atoms. The second kappa shape index (κ2) is 5.46. The summed E-state index contributed by atoms with van der Waals surface area (Å²) in [5.74, 6) is -2.55. The molecule has 0 amide bonds. The molecule has 3 heteroatoms. The first kappa shape index (κ1) is 11.8. The monoisotopic (exact) mass is 180 g/mol. The van der Waals surface area contributed by atoms with E-state index in [1.54, 1.807) is 7.11 Å². The third-order valence-corrected chi connectivity index (χ3v) is 1.85. The first-order valence-electron chi connectivity index (χ1n) is 4.40. The van der Waals surface area contributed by atoms with Gasteiger partial charge in [0, 0.05) is 13.5 Å². The van der Waals surface area contributed by atoms with Crippen LogP contribution in [-0.2, 0) is 4.74 Å². The minimum absolute atomic E-state index is 0.000764. The van der Waals surface area contributed by atoms with Crippen LogP contribution in [-0.4, -0.2) is 19.1 Å². The predicted molar refractivity (Wildman–Crippen MR) is 45.6 cm³/mol. The highest BCUT2D eigenvalue weighted by Crippen LogP contribution is 2.21. The number of ether oxygens (including phenoxy) is 1. The van der Waals surface area contributed by atoms with Crippen molar-refractivity contribution >= 4 is 0 Å². The zero-order chi connectivity index (χ0) is 9.61. The van der Waals surface area contributed by atoms with E-state index >= 15 is 0 Å². The maximum Gasteiger partial charge on any atom is 0.245 e. The first-order valence-corrected chi connectivity index (χ1v) is 4.40. The molecule has 0 radical (unpaired) electrons. The number of alkyl halides is 2. The van der Waals surface area contributed by atoms with Crippen LogP contribution in [0.1, 0.15) is 39.5 Å². The van der Waals surface area contributed by atoms with Gasteiger partial charge in [0.1, 0.15) is 0 Å². The lowest BCUT2D eigenvalue weighted by molar-refractivity contribution is -0.00978. The fraction of sp³-hybridized carbons (Fsp3) is 1.00. The summed E-state index contributed by atoms with van der Waals surface area (Å²) in [6.07, 6.45) is 2.22. The van der Waals surface area contributed by atoms with Gasteiger partial charge in [-0.3, -0.25) is 0 Å². The molecule has 0 aliphatic heterocycles. The molecule has 1 atom stereocenters. The lowest BCUT2D eigenvalue weighted by Gasteiger charge is -2.16. The van der Waals surface area contributed by atoms with Gasteiger partial charge >= 0.3 is 0 Å². The van der Waals surface area contributed by atoms with Crippen molar-refractivity contribution in [2.45, 2.75) is 51.6 Å². The lowest BCUT2D eigenvalue weighted by atomic mass is 10.1. The van der Waals surface area contributed by atoms with Crippen molar-refractivity contribution in [1.29, 1.82) is 0 Å². The number of hydrogen-bond acceptors (Lipinski definition) is 1. The molecule has 1 unspecified atom stereocenters. The van der Waals surface area contributed by atoms with Crippen molar-refractivity contribution in [2.75, 3.05) is 7.11 Å². The quantitative estimate of drug-likeness (QED) is 0.609. The molecule has 0 bridgehead atoms. The maximum absolute atomic E-state index is 12.4. The van der Waals surface area contributed by atoms with Crippen LogP contribution < -0.4 is 0 Å². The lowest BCUT2D eigenvalue weighted by Crippen LogP contribution is -2.17. The van der Waals surface area contributed by atoms with Crippen molar-refractivity contribution in [3.63, 3.8) is 0 Å². The van der Waals surface area contributed by atoms with Crippen LogP contribution in [0.15, 0.2) is 0 Å². The second-order valence-corrected chi connectivity index (χ2v) is 3.26. The van der Waals surface area contributed by atoms with Gasteiger partial charge in [0.2, 0.25) is 5.92 Å². The summed E-state index contributed by atoms with van der Waals surface area (Å²) in [7, 11) is 1.58. The third-order valence-electron chi connectivity index (χ3n) is 1.85. The van der Waals surface area contributed by atoms with Crippen LogP contribution in [0.5, 0.6) is 0 Å². The topological polar surface area (TPSA) is 9.23 Å². The summed E-state index contributed by atoms with van der Waals surface area (Å²) in [5, 5.41) is 0. The van der Waals surface area contributed by atoms with Crippen LogP contribution in [0.2, 0.25) is 0 Å². The van der Waals surface area contributed by atoms with Gasteiger partial charge in [0.05, 0.1) is 6.10 Å². The second-order valence-electron chi connectivity index (χ2n) is 3.26. The fourth-order valence-corrected chi connectivity index (χ4v) is 1.12. The van der Waals surface area contributed by atoms with E-state index < -0.39 is 5.92 Å². The summed E-state index contributed by atoms with van der Waals surface area (Å²) in [6.45, 7) is 2.97. The molecule has 0 spiro atoms. The summed E-state index contributed by atoms with van der Waals surface area (Å²) in [4.78, 5) is 0. The Bertz CT molecular complexity index is 110. The zero-order valence-corrected chi connectivity index (χ0v) is 8.07. The van der Waals surface area contributed by atoms with Crippen LogP contribution in [0.25, 0.3) is 0 Å². The molecule has 0 heterocycles. The van der Waals surface area contributed by atoms with Gasteiger partial charge in [-0.1, -0.05) is 13.3 Å². The van der Waals surface area contributed by atoms with Gasteiger partial charge in [-0.15, -0.1) is 0 Å². The van der Waals surface area contributed by atoms with Gasteiger partial charge in [-0.2, -0.15) is 0 Å². The minimum Gasteiger partial charge on any atom is -0.381 e. The van der Waals surface area contributed by atoms with E-state index in [4.69, 9.17) is 4.74 Å². The van der Waals surface area contributed by atoms with Crippen molar-refractivity contribution in [2.24, 2.45) is 0 Å². The molecule has 0 aromatic carbocycles. The Morgan fingerprint density at radius 2 is 1.92 bits per heavy atom. The van der Waals surface area contributed by atoms with E-state index in [0.717, 1.165) is 19.8 Å². The van der Waals surface area contributed by atoms with Crippen LogP contribution >= 0.6 is 0 Å². The SMILES string of the molecule is CCCC(CCC(C)(F)F)OC. The Hall–Kier alpha value is -0.180. The van der Waals surface area contributed by atoms with Crippen molar-refractivity contribution < 1.29 is 13.5 Å². The van der Waals surface area contributed by atoms with E-state index in [9.17, 15) is 8.78 Å². The molecule has 0 aliphatic carbocycles. The first-order chi connectivity index (χ1) is 5.49. The fourth-order valence-electron chi connectivity index (χ4n) is 1.12. The average Bonchev–Trinajstić information content (AvgIpc) is 1.96. The molecule has 0 aromatic heterocycles. The standard InChI is InChI=1S/C9H18F2O/c1-4-5-8(12-3)6-7-9(2,10)11/h8H,4-7H2,1-3H3. The Morgan fingerprint density at radius 1 is 1.33 bits per heavy atom. The highest BCUT2D eigenvalue weighted by Gasteiger charge is 2.22. The molecule has 0 fully saturated rings. The minimum atomic E-state index is -2.55. The largest absolute Gasteiger partial charge is 0.381 e. The molecule has 1 nitrogen and oxygen atoms in total. The van der Waals surface area contributed by atoms with Crippen LogP contribution in [0.3, 0.4) is 0 Å². The molecular formula is C9H18F2O. The highest BCUT2D eigenvalue weighted by molar-refractivity contribution is 4.64. The van der Waals surface area contributed by atoms with E-state index in [1.165, 1.54) is 0 Å². The Morgan fingerprint density at radius 3 is 2.25 bits per heavy atom. The molecule has 0 rings (SSSR count). The van der Waals surface area contributed by atoms with Crippen LogP contribution in [0.4, 0.5) is 8.78 Å². The van der Waals surface area contributed by atoms with Gasteiger partial charge < -0.3 is 4.74 Å². The Kier molecular flexibility index (Phi) is 5.38. The molecule has 0 N–H and O–H groups in total. The molecule has 0 saturated heterocycles. The van der Waals surface area contributed by atoms with E-state index in [-0.39, 0.29) is 12.5 Å². The summed E-state index contributed by atoms with van der Waals surface area (Å²) >= 11 is 0. The van der Waals surface area contributed by atoms with E-state index in [2.05, 4.69) is 0 Å². The summed E-state index contributed by atoms with van der Waals surface area (Å²) in [5.41, 5.74) is 0. The van der Waals surface area contributed by atoms with Gasteiger partial charge in [0.25, 0.3) is 0 Å². The average molecular weight is 180 g/mol. The third kappa shape index (κ3) is 6.53. The molecule has 0 aliphatic rings. The molecule has 74 valence electrons. The summed E-state index contributed by atoms with van der Waals surface area (Å²) < 4.78 is 29.9. The van der Waals surface area contributed by atoms with Gasteiger partial charge in [-0.05, 0) is 19.8 Å². The van der Waals surface area contributed by atoms with Crippen molar-refractivity contribution in [3.05, 3.63) is 0 Å². The van der Waals surface area contributed by atoms with Crippen LogP contribution in [0, 0.1) is 0 Å². The number of methoxy groups -OCH3 is 1. The van der Waals surface area contributed by atoms with Crippen molar-refractivity contribution in [3.8, 4) is 0 Å². The summed E-state index contributed by atoms with van der Waals surface area (Å²) in [6, 6.07) is 0. The molecular weight excluding hydrogens is 162 g/mol. The van der Waals surface area contributed by atoms with Gasteiger partial charge in [-0.25, -0.2) is 8.78 Å². The molecule has 0 saturated carbocycles. The van der Waals surface area contributed by atoms with Crippen molar-refractivity contribution in [1.82, 2.24) is 0 Å². The number of rotatable bonds is 6. The Balaban J connectivity index is 3.58. The van der Waals surface area contributed by atoms with Gasteiger partial charge in [0.15, 0.2) is 0 Å². The van der Waals surface area contributed by atoms with E-state index in [0.29, 0.717) is 6.42 Å². The predicted octanol–water partition coefficient (Wildman–Crippen LogP) is 3.24. The maximum atomic E-state index is 12.4. The Labute approximate surface area is 73.1 Å². The van der Waals surface area contributed by atoms with E-state index in [1.807, 2.05) is 6.92 Å². The zero-order valence-electron chi connectivity index (χ0n) is 8.07. The smallest absolute Gasteiger partial charge is 0.245 e. The highest BCUT2D eigenvalue weighted by atomic mass is 19.3. The normalized spacial score (nSPS) is 14.8. The molecule has 0 aromatic rings.